The fraction of sp³-hybridized carbons (Fsp3) is 0.417. The second-order valence-corrected chi connectivity index (χ2v) is 3.95. The van der Waals surface area contributed by atoms with Crippen molar-refractivity contribution < 1.29 is 14.3 Å². The van der Waals surface area contributed by atoms with Crippen molar-refractivity contribution in [1.29, 1.82) is 0 Å². The van der Waals surface area contributed by atoms with Crippen LogP contribution in [0.25, 0.3) is 0 Å². The second-order valence-electron chi connectivity index (χ2n) is 3.54. The molecule has 0 unspecified atom stereocenters. The Labute approximate surface area is 100 Å². The molecular formula is C12H15ClO3. The Balaban J connectivity index is 2.76. The van der Waals surface area contributed by atoms with E-state index in [-0.39, 0.29) is 12.2 Å². The average Bonchev–Trinajstić information content (AvgIpc) is 2.24. The van der Waals surface area contributed by atoms with Crippen LogP contribution >= 0.6 is 11.6 Å². The molecule has 0 spiro atoms. The molecule has 1 aromatic carbocycles. The van der Waals surface area contributed by atoms with Crippen molar-refractivity contribution in [2.75, 3.05) is 14.2 Å². The Morgan fingerprint density at radius 2 is 2.00 bits per heavy atom. The SMILES string of the molecule is COC(OC)C(=O)Cc1ccc(C)cc1Cl. The smallest absolute Gasteiger partial charge is 0.217 e. The van der Waals surface area contributed by atoms with Crippen LogP contribution < -0.4 is 0 Å². The zero-order valence-corrected chi connectivity index (χ0v) is 10.4. The first kappa shape index (κ1) is 13.2. The summed E-state index contributed by atoms with van der Waals surface area (Å²) in [5.74, 6) is -0.143. The third-order valence-electron chi connectivity index (χ3n) is 2.26. The second kappa shape index (κ2) is 5.99. The highest BCUT2D eigenvalue weighted by Gasteiger charge is 2.18. The number of aryl methyl sites for hydroxylation is 1. The Kier molecular flexibility index (Phi) is 4.93. The van der Waals surface area contributed by atoms with Crippen LogP contribution in [0, 0.1) is 6.92 Å². The number of methoxy groups -OCH3 is 2. The summed E-state index contributed by atoms with van der Waals surface area (Å²) in [6, 6.07) is 5.60. The molecule has 1 rings (SSSR count). The molecule has 0 fully saturated rings. The maximum Gasteiger partial charge on any atom is 0.217 e. The molecule has 0 bridgehead atoms. The van der Waals surface area contributed by atoms with E-state index in [2.05, 4.69) is 0 Å². The zero-order valence-electron chi connectivity index (χ0n) is 9.62. The van der Waals surface area contributed by atoms with Crippen LogP contribution in [-0.2, 0) is 20.7 Å². The quantitative estimate of drug-likeness (QED) is 0.744. The van der Waals surface area contributed by atoms with Crippen molar-refractivity contribution in [3.8, 4) is 0 Å². The van der Waals surface area contributed by atoms with Gasteiger partial charge in [-0.1, -0.05) is 23.7 Å². The van der Waals surface area contributed by atoms with Crippen LogP contribution in [-0.4, -0.2) is 26.3 Å². The van der Waals surface area contributed by atoms with E-state index in [0.717, 1.165) is 11.1 Å². The van der Waals surface area contributed by atoms with Crippen LogP contribution in [0.5, 0.6) is 0 Å². The number of halogens is 1. The lowest BCUT2D eigenvalue weighted by atomic mass is 10.1. The molecule has 4 heteroatoms. The maximum absolute atomic E-state index is 11.7. The first-order chi connectivity index (χ1) is 7.58. The van der Waals surface area contributed by atoms with Crippen LogP contribution in [0.15, 0.2) is 18.2 Å². The fourth-order valence-electron chi connectivity index (χ4n) is 1.43. The fourth-order valence-corrected chi connectivity index (χ4v) is 1.73. The van der Waals surface area contributed by atoms with Gasteiger partial charge in [0.05, 0.1) is 0 Å². The number of ketones is 1. The lowest BCUT2D eigenvalue weighted by Crippen LogP contribution is -2.26. The van der Waals surface area contributed by atoms with Crippen LogP contribution in [0.1, 0.15) is 11.1 Å². The van der Waals surface area contributed by atoms with E-state index in [4.69, 9.17) is 21.1 Å². The summed E-state index contributed by atoms with van der Waals surface area (Å²) in [6.45, 7) is 1.95. The molecule has 3 nitrogen and oxygen atoms in total. The molecule has 0 aromatic heterocycles. The number of rotatable bonds is 5. The van der Waals surface area contributed by atoms with Crippen molar-refractivity contribution in [2.45, 2.75) is 19.6 Å². The molecule has 88 valence electrons. The van der Waals surface area contributed by atoms with Crippen molar-refractivity contribution in [2.24, 2.45) is 0 Å². The summed E-state index contributed by atoms with van der Waals surface area (Å²) in [5.41, 5.74) is 1.85. The minimum Gasteiger partial charge on any atom is -0.349 e. The van der Waals surface area contributed by atoms with Crippen LogP contribution in [0.2, 0.25) is 5.02 Å². The number of hydrogen-bond donors (Lipinski definition) is 0. The molecular weight excluding hydrogens is 228 g/mol. The number of carbonyl (C=O) groups excluding carboxylic acids is 1. The maximum atomic E-state index is 11.7. The number of hydrogen-bond acceptors (Lipinski definition) is 3. The highest BCUT2D eigenvalue weighted by molar-refractivity contribution is 6.31. The van der Waals surface area contributed by atoms with Crippen LogP contribution in [0.4, 0.5) is 0 Å². The first-order valence-electron chi connectivity index (χ1n) is 4.91. The van der Waals surface area contributed by atoms with Gasteiger partial charge in [0.1, 0.15) is 0 Å². The summed E-state index contributed by atoms with van der Waals surface area (Å²) in [4.78, 5) is 11.7. The van der Waals surface area contributed by atoms with E-state index >= 15 is 0 Å². The van der Waals surface area contributed by atoms with Crippen LogP contribution in [0.3, 0.4) is 0 Å². The molecule has 0 aliphatic heterocycles. The predicted octanol–water partition coefficient (Wildman–Crippen LogP) is 2.38. The third-order valence-corrected chi connectivity index (χ3v) is 2.62. The van der Waals surface area contributed by atoms with E-state index in [1.807, 2.05) is 25.1 Å². The minimum absolute atomic E-state index is 0.143. The molecule has 0 amide bonds. The predicted molar refractivity (Wildman–Crippen MR) is 62.7 cm³/mol. The van der Waals surface area contributed by atoms with Crippen molar-refractivity contribution in [3.63, 3.8) is 0 Å². The van der Waals surface area contributed by atoms with Gasteiger partial charge in [-0.25, -0.2) is 0 Å². The average molecular weight is 243 g/mol. The van der Waals surface area contributed by atoms with E-state index in [9.17, 15) is 4.79 Å². The number of benzene rings is 1. The van der Waals surface area contributed by atoms with Gasteiger partial charge < -0.3 is 9.47 Å². The number of Topliss-reactive ketones (excluding diaryl/α,β-unsaturated/α-hetero) is 1. The largest absolute Gasteiger partial charge is 0.349 e. The minimum atomic E-state index is -0.822. The van der Waals surface area contributed by atoms with Gasteiger partial charge >= 0.3 is 0 Å². The molecule has 0 atom stereocenters. The summed E-state index contributed by atoms with van der Waals surface area (Å²) in [6.07, 6.45) is -0.608. The van der Waals surface area contributed by atoms with E-state index in [1.54, 1.807) is 0 Å². The van der Waals surface area contributed by atoms with E-state index in [1.165, 1.54) is 14.2 Å². The lowest BCUT2D eigenvalue weighted by Gasteiger charge is -2.12. The van der Waals surface area contributed by atoms with Crippen molar-refractivity contribution in [1.82, 2.24) is 0 Å². The topological polar surface area (TPSA) is 35.5 Å². The van der Waals surface area contributed by atoms with Gasteiger partial charge in [0.25, 0.3) is 0 Å². The van der Waals surface area contributed by atoms with Gasteiger partial charge in [0, 0.05) is 25.7 Å². The Morgan fingerprint density at radius 3 is 2.50 bits per heavy atom. The highest BCUT2D eigenvalue weighted by Crippen LogP contribution is 2.18. The monoisotopic (exact) mass is 242 g/mol. The molecule has 16 heavy (non-hydrogen) atoms. The van der Waals surface area contributed by atoms with Gasteiger partial charge in [-0.2, -0.15) is 0 Å². The summed E-state index contributed by atoms with van der Waals surface area (Å²) in [7, 11) is 2.87. The summed E-state index contributed by atoms with van der Waals surface area (Å²) in [5, 5.41) is 0.597. The highest BCUT2D eigenvalue weighted by atomic mass is 35.5. The first-order valence-corrected chi connectivity index (χ1v) is 5.29. The van der Waals surface area contributed by atoms with E-state index in [0.29, 0.717) is 5.02 Å². The molecule has 0 aliphatic carbocycles. The normalized spacial score (nSPS) is 10.8. The Bertz CT molecular complexity index is 373. The van der Waals surface area contributed by atoms with Crippen molar-refractivity contribution in [3.05, 3.63) is 34.3 Å². The molecule has 0 saturated carbocycles. The standard InChI is InChI=1S/C12H15ClO3/c1-8-4-5-9(10(13)6-8)7-11(14)12(15-2)16-3/h4-6,12H,7H2,1-3H3. The summed E-state index contributed by atoms with van der Waals surface area (Å²) >= 11 is 6.03. The van der Waals surface area contributed by atoms with Gasteiger partial charge in [0.15, 0.2) is 5.78 Å². The third kappa shape index (κ3) is 3.30. The van der Waals surface area contributed by atoms with Gasteiger partial charge in [-0.3, -0.25) is 4.79 Å². The molecule has 0 aliphatic rings. The number of carbonyl (C=O) groups is 1. The van der Waals surface area contributed by atoms with Gasteiger partial charge in [0.2, 0.25) is 6.29 Å². The lowest BCUT2D eigenvalue weighted by molar-refractivity contribution is -0.155. The Hall–Kier alpha value is -0.900. The van der Waals surface area contributed by atoms with Gasteiger partial charge in [-0.05, 0) is 24.1 Å². The van der Waals surface area contributed by atoms with Crippen molar-refractivity contribution >= 4 is 17.4 Å². The molecule has 0 N–H and O–H groups in total. The molecule has 0 saturated heterocycles. The molecule has 1 aromatic rings. The summed E-state index contributed by atoms with van der Waals surface area (Å²) < 4.78 is 9.76. The molecule has 0 heterocycles. The number of ether oxygens (including phenoxy) is 2. The van der Waals surface area contributed by atoms with E-state index < -0.39 is 6.29 Å². The van der Waals surface area contributed by atoms with Gasteiger partial charge in [-0.15, -0.1) is 0 Å². The molecule has 0 radical (unpaired) electrons. The zero-order chi connectivity index (χ0) is 12.1. The Morgan fingerprint density at radius 1 is 1.38 bits per heavy atom.